The number of hydrogen-bond acceptors (Lipinski definition) is 5. The molecule has 0 fully saturated rings. The van der Waals surface area contributed by atoms with Crippen LogP contribution in [0.15, 0.2) is 0 Å². The fraction of sp³-hybridized carbons (Fsp3) is 0.929. The molecule has 0 aromatic carbocycles. The number of aliphatic hydroxyl groups is 1. The Hall–Kier alpha value is -0.400. The highest BCUT2D eigenvalue weighted by Crippen LogP contribution is 2.03. The molecule has 7 heteroatoms. The van der Waals surface area contributed by atoms with Crippen LogP contribution in [0.5, 0.6) is 0 Å². The third kappa shape index (κ3) is 10.9. The number of likely N-dealkylation sites (N-methyl/N-ethyl adjacent to an activating group) is 1. The van der Waals surface area contributed by atoms with E-state index in [4.69, 9.17) is 15.2 Å². The topological polar surface area (TPSA) is 85.0 Å². The van der Waals surface area contributed by atoms with Crippen molar-refractivity contribution in [3.63, 3.8) is 0 Å². The van der Waals surface area contributed by atoms with E-state index in [2.05, 4.69) is 0 Å². The second kappa shape index (κ2) is 12.2. The Kier molecular flexibility index (Phi) is 13.3. The molecule has 0 radical (unpaired) electrons. The third-order valence-corrected chi connectivity index (χ3v) is 2.85. The second-order valence-electron chi connectivity index (χ2n) is 5.64. The molecule has 128 valence electrons. The number of hydrogen-bond donors (Lipinski definition) is 2. The normalized spacial score (nSPS) is 14.0. The van der Waals surface area contributed by atoms with Gasteiger partial charge in [0.15, 0.2) is 0 Å². The molecule has 0 aromatic rings. The maximum absolute atomic E-state index is 11.9. The van der Waals surface area contributed by atoms with E-state index in [1.807, 2.05) is 27.7 Å². The number of nitrogens with zero attached hydrogens (tertiary/aromatic N) is 1. The van der Waals surface area contributed by atoms with Crippen LogP contribution in [0.4, 0.5) is 0 Å². The van der Waals surface area contributed by atoms with Crippen LogP contribution in [0, 0.1) is 5.92 Å². The molecule has 1 amide bonds. The van der Waals surface area contributed by atoms with Crippen LogP contribution in [0.2, 0.25) is 0 Å². The van der Waals surface area contributed by atoms with Crippen LogP contribution in [0.3, 0.4) is 0 Å². The monoisotopic (exact) mass is 326 g/mol. The lowest BCUT2D eigenvalue weighted by Gasteiger charge is -2.25. The molecular weight excluding hydrogens is 296 g/mol. The average molecular weight is 327 g/mol. The third-order valence-electron chi connectivity index (χ3n) is 2.85. The molecule has 0 heterocycles. The highest BCUT2D eigenvalue weighted by molar-refractivity contribution is 5.85. The molecule has 0 aliphatic carbocycles. The summed E-state index contributed by atoms with van der Waals surface area (Å²) >= 11 is 0. The fourth-order valence-electron chi connectivity index (χ4n) is 1.56. The summed E-state index contributed by atoms with van der Waals surface area (Å²) in [5.74, 6) is -0.0892. The van der Waals surface area contributed by atoms with Crippen molar-refractivity contribution in [2.45, 2.75) is 45.9 Å². The second-order valence-corrected chi connectivity index (χ2v) is 5.64. The predicted octanol–water partition coefficient (Wildman–Crippen LogP) is 0.652. The van der Waals surface area contributed by atoms with E-state index in [-0.39, 0.29) is 43.5 Å². The first kappa shape index (κ1) is 22.9. The summed E-state index contributed by atoms with van der Waals surface area (Å²) in [5.41, 5.74) is 5.78. The Labute approximate surface area is 134 Å². The molecule has 0 saturated heterocycles. The number of nitrogens with two attached hydrogens (primary N) is 1. The van der Waals surface area contributed by atoms with Crippen molar-refractivity contribution in [3.8, 4) is 0 Å². The number of aliphatic hydroxyl groups excluding tert-OH is 1. The predicted molar refractivity (Wildman–Crippen MR) is 85.6 cm³/mol. The molecule has 0 bridgehead atoms. The minimum absolute atomic E-state index is 0. The molecular formula is C14H31ClN2O4. The molecule has 0 saturated carbocycles. The molecule has 1 unspecified atom stereocenters. The minimum Gasteiger partial charge on any atom is -0.389 e. The molecule has 6 nitrogen and oxygen atoms in total. The Balaban J connectivity index is 0. The maximum atomic E-state index is 11.9. The molecule has 0 aliphatic rings. The van der Waals surface area contributed by atoms with E-state index < -0.39 is 12.1 Å². The largest absolute Gasteiger partial charge is 0.389 e. The van der Waals surface area contributed by atoms with Crippen molar-refractivity contribution < 1.29 is 19.4 Å². The number of rotatable bonds is 10. The van der Waals surface area contributed by atoms with Crippen LogP contribution in [0.25, 0.3) is 0 Å². The molecule has 0 aliphatic heterocycles. The lowest BCUT2D eigenvalue weighted by Crippen LogP contribution is -2.47. The van der Waals surface area contributed by atoms with Gasteiger partial charge >= 0.3 is 0 Å². The summed E-state index contributed by atoms with van der Waals surface area (Å²) in [6, 6.07) is -0.535. The van der Waals surface area contributed by atoms with E-state index >= 15 is 0 Å². The van der Waals surface area contributed by atoms with Gasteiger partial charge < -0.3 is 25.2 Å². The maximum Gasteiger partial charge on any atom is 0.239 e. The quantitative estimate of drug-likeness (QED) is 0.576. The number of halogens is 1. The zero-order valence-electron chi connectivity index (χ0n) is 13.7. The van der Waals surface area contributed by atoms with Crippen molar-refractivity contribution in [3.05, 3.63) is 0 Å². The first-order valence-electron chi connectivity index (χ1n) is 7.13. The smallest absolute Gasteiger partial charge is 0.239 e. The first-order valence-corrected chi connectivity index (χ1v) is 7.13. The highest BCUT2D eigenvalue weighted by atomic mass is 35.5. The molecule has 0 aromatic heterocycles. The van der Waals surface area contributed by atoms with Crippen LogP contribution in [-0.4, -0.2) is 67.6 Å². The van der Waals surface area contributed by atoms with Crippen LogP contribution >= 0.6 is 12.4 Å². The summed E-state index contributed by atoms with van der Waals surface area (Å²) in [7, 11) is 1.63. The molecule has 3 N–H and O–H groups in total. The zero-order valence-corrected chi connectivity index (χ0v) is 14.6. The van der Waals surface area contributed by atoms with E-state index in [9.17, 15) is 9.90 Å². The van der Waals surface area contributed by atoms with Gasteiger partial charge in [-0.15, -0.1) is 12.4 Å². The first-order chi connectivity index (χ1) is 9.25. The summed E-state index contributed by atoms with van der Waals surface area (Å²) < 4.78 is 10.6. The van der Waals surface area contributed by atoms with Crippen molar-refractivity contribution in [2.75, 3.05) is 33.4 Å². The minimum atomic E-state index is -0.720. The number of carbonyl (C=O) groups excluding carboxylic acids is 1. The summed E-state index contributed by atoms with van der Waals surface area (Å²) in [5, 5.41) is 9.80. The van der Waals surface area contributed by atoms with Crippen molar-refractivity contribution in [2.24, 2.45) is 11.7 Å². The van der Waals surface area contributed by atoms with Gasteiger partial charge in [-0.3, -0.25) is 4.79 Å². The van der Waals surface area contributed by atoms with E-state index in [1.54, 1.807) is 7.05 Å². The van der Waals surface area contributed by atoms with Gasteiger partial charge in [-0.05, 0) is 19.8 Å². The SMILES string of the molecule is CC(C)OCCOCC(O)CN(C)C(=O)[C@@H](N)C(C)C.Cl. The molecule has 2 atom stereocenters. The Morgan fingerprint density at radius 2 is 1.81 bits per heavy atom. The lowest BCUT2D eigenvalue weighted by molar-refractivity contribution is -0.134. The number of amides is 1. The van der Waals surface area contributed by atoms with Gasteiger partial charge in [0.1, 0.15) is 0 Å². The van der Waals surface area contributed by atoms with Crippen molar-refractivity contribution in [1.29, 1.82) is 0 Å². The van der Waals surface area contributed by atoms with Crippen LogP contribution in [-0.2, 0) is 14.3 Å². The molecule has 0 spiro atoms. The Bertz CT molecular complexity index is 278. The Morgan fingerprint density at radius 1 is 1.24 bits per heavy atom. The molecule has 21 heavy (non-hydrogen) atoms. The van der Waals surface area contributed by atoms with Gasteiger partial charge in [-0.25, -0.2) is 0 Å². The van der Waals surface area contributed by atoms with Gasteiger partial charge in [0, 0.05) is 13.6 Å². The molecule has 0 rings (SSSR count). The summed E-state index contributed by atoms with van der Waals surface area (Å²) in [4.78, 5) is 13.3. The average Bonchev–Trinajstić information content (AvgIpc) is 2.35. The van der Waals surface area contributed by atoms with Gasteiger partial charge in [0.2, 0.25) is 5.91 Å². The van der Waals surface area contributed by atoms with E-state index in [0.717, 1.165) is 0 Å². The summed E-state index contributed by atoms with van der Waals surface area (Å²) in [6.45, 7) is 9.01. The van der Waals surface area contributed by atoms with Gasteiger partial charge in [-0.2, -0.15) is 0 Å². The van der Waals surface area contributed by atoms with Crippen molar-refractivity contribution >= 4 is 18.3 Å². The van der Waals surface area contributed by atoms with Crippen LogP contribution < -0.4 is 5.73 Å². The standard InChI is InChI=1S/C14H30N2O4.ClH/c1-10(2)13(15)14(18)16(5)8-12(17)9-19-6-7-20-11(3)4;/h10-13,17H,6-9,15H2,1-5H3;1H/t12?,13-;/m0./s1. The van der Waals surface area contributed by atoms with Gasteiger partial charge in [0.25, 0.3) is 0 Å². The zero-order chi connectivity index (χ0) is 15.7. The van der Waals surface area contributed by atoms with Gasteiger partial charge in [0.05, 0.1) is 38.1 Å². The number of carbonyl (C=O) groups is 1. The van der Waals surface area contributed by atoms with Crippen LogP contribution in [0.1, 0.15) is 27.7 Å². The highest BCUT2D eigenvalue weighted by Gasteiger charge is 2.22. The van der Waals surface area contributed by atoms with Gasteiger partial charge in [-0.1, -0.05) is 13.8 Å². The lowest BCUT2D eigenvalue weighted by atomic mass is 10.0. The summed E-state index contributed by atoms with van der Waals surface area (Å²) in [6.07, 6.45) is -0.549. The fourth-order valence-corrected chi connectivity index (χ4v) is 1.56. The number of ether oxygens (including phenoxy) is 2. The van der Waals surface area contributed by atoms with Crippen molar-refractivity contribution in [1.82, 2.24) is 4.90 Å². The Morgan fingerprint density at radius 3 is 2.29 bits per heavy atom. The van der Waals surface area contributed by atoms with E-state index in [0.29, 0.717) is 13.2 Å². The van der Waals surface area contributed by atoms with E-state index in [1.165, 1.54) is 4.90 Å².